The van der Waals surface area contributed by atoms with Crippen molar-refractivity contribution in [2.45, 2.75) is 25.4 Å². The molecule has 0 aromatic heterocycles. The molecule has 1 unspecified atom stereocenters. The summed E-state index contributed by atoms with van der Waals surface area (Å²) in [7, 11) is 0. The molecule has 0 spiro atoms. The van der Waals surface area contributed by atoms with Crippen LogP contribution in [0.2, 0.25) is 0 Å². The molecule has 1 saturated heterocycles. The first kappa shape index (κ1) is 11.1. The van der Waals surface area contributed by atoms with Crippen LogP contribution in [0.1, 0.15) is 25.5 Å². The zero-order valence-electron chi connectivity index (χ0n) is 9.38. The maximum atomic E-state index is 12.8. The summed E-state index contributed by atoms with van der Waals surface area (Å²) >= 11 is 0. The van der Waals surface area contributed by atoms with E-state index in [-0.39, 0.29) is 17.3 Å². The molecule has 0 bridgehead atoms. The van der Waals surface area contributed by atoms with Crippen LogP contribution in [0.3, 0.4) is 0 Å². The molecule has 16 heavy (non-hydrogen) atoms. The van der Waals surface area contributed by atoms with E-state index in [0.717, 1.165) is 5.56 Å². The van der Waals surface area contributed by atoms with Crippen molar-refractivity contribution >= 4 is 5.91 Å². The van der Waals surface area contributed by atoms with Gasteiger partial charge in [-0.2, -0.15) is 0 Å². The number of amides is 1. The molecule has 2 N–H and O–H groups in total. The Morgan fingerprint density at radius 1 is 1.31 bits per heavy atom. The highest BCUT2D eigenvalue weighted by Crippen LogP contribution is 2.20. The lowest BCUT2D eigenvalue weighted by Gasteiger charge is -2.37. The minimum Gasteiger partial charge on any atom is -0.353 e. The predicted octanol–water partition coefficient (Wildman–Crippen LogP) is 1.36. The minimum atomic E-state index is -0.399. The molecule has 86 valence electrons. The van der Waals surface area contributed by atoms with Gasteiger partial charge in [0.15, 0.2) is 0 Å². The van der Waals surface area contributed by atoms with Crippen LogP contribution in [-0.4, -0.2) is 18.0 Å². The Kier molecular flexibility index (Phi) is 2.68. The number of nitrogens with one attached hydrogen (secondary N) is 2. The number of halogens is 1. The number of piperazine rings is 1. The highest BCUT2D eigenvalue weighted by atomic mass is 19.1. The zero-order valence-corrected chi connectivity index (χ0v) is 9.38. The van der Waals surface area contributed by atoms with Crippen molar-refractivity contribution < 1.29 is 9.18 Å². The lowest BCUT2D eigenvalue weighted by molar-refractivity contribution is -0.126. The SMILES string of the molecule is CC1(C)CNC(=O)C(c2ccc(F)cc2)N1. The maximum Gasteiger partial charge on any atom is 0.241 e. The first-order valence-electron chi connectivity index (χ1n) is 5.29. The quantitative estimate of drug-likeness (QED) is 0.753. The van der Waals surface area contributed by atoms with E-state index in [9.17, 15) is 9.18 Å². The van der Waals surface area contributed by atoms with Crippen molar-refractivity contribution in [3.05, 3.63) is 35.6 Å². The van der Waals surface area contributed by atoms with Crippen molar-refractivity contribution in [2.24, 2.45) is 0 Å². The summed E-state index contributed by atoms with van der Waals surface area (Å²) in [6.07, 6.45) is 0. The largest absolute Gasteiger partial charge is 0.353 e. The Balaban J connectivity index is 2.25. The molecule has 0 saturated carbocycles. The molecule has 0 aliphatic carbocycles. The van der Waals surface area contributed by atoms with Gasteiger partial charge in [-0.3, -0.25) is 10.1 Å². The summed E-state index contributed by atoms with van der Waals surface area (Å²) < 4.78 is 12.8. The molecular weight excluding hydrogens is 207 g/mol. The second-order valence-corrected chi connectivity index (χ2v) is 4.73. The molecule has 2 rings (SSSR count). The average molecular weight is 222 g/mol. The Labute approximate surface area is 94.0 Å². The molecule has 1 amide bonds. The first-order chi connectivity index (χ1) is 7.48. The van der Waals surface area contributed by atoms with Crippen molar-refractivity contribution in [3.63, 3.8) is 0 Å². The normalized spacial score (nSPS) is 23.9. The summed E-state index contributed by atoms with van der Waals surface area (Å²) in [5, 5.41) is 6.08. The molecular formula is C12H15FN2O. The van der Waals surface area contributed by atoms with Gasteiger partial charge in [0.1, 0.15) is 11.9 Å². The van der Waals surface area contributed by atoms with Crippen molar-refractivity contribution in [2.75, 3.05) is 6.54 Å². The van der Waals surface area contributed by atoms with Gasteiger partial charge in [-0.15, -0.1) is 0 Å². The van der Waals surface area contributed by atoms with Crippen LogP contribution >= 0.6 is 0 Å². The summed E-state index contributed by atoms with van der Waals surface area (Å²) in [5.74, 6) is -0.356. The van der Waals surface area contributed by atoms with Gasteiger partial charge in [0.05, 0.1) is 0 Å². The fourth-order valence-electron chi connectivity index (χ4n) is 1.81. The Morgan fingerprint density at radius 2 is 1.94 bits per heavy atom. The standard InChI is InChI=1S/C12H15FN2O/c1-12(2)7-14-11(16)10(15-12)8-3-5-9(13)6-4-8/h3-6,10,15H,7H2,1-2H3,(H,14,16). The van der Waals surface area contributed by atoms with E-state index in [4.69, 9.17) is 0 Å². The molecule has 1 aromatic carbocycles. The molecule has 1 fully saturated rings. The third kappa shape index (κ3) is 2.22. The fraction of sp³-hybridized carbons (Fsp3) is 0.417. The highest BCUT2D eigenvalue weighted by Gasteiger charge is 2.33. The number of benzene rings is 1. The van der Waals surface area contributed by atoms with E-state index in [1.807, 2.05) is 13.8 Å². The molecule has 3 nitrogen and oxygen atoms in total. The maximum absolute atomic E-state index is 12.8. The van der Waals surface area contributed by atoms with Gasteiger partial charge in [-0.1, -0.05) is 12.1 Å². The second-order valence-electron chi connectivity index (χ2n) is 4.73. The van der Waals surface area contributed by atoms with Gasteiger partial charge in [-0.05, 0) is 31.5 Å². The smallest absolute Gasteiger partial charge is 0.241 e. The summed E-state index contributed by atoms with van der Waals surface area (Å²) in [6, 6.07) is 5.60. The number of rotatable bonds is 1. The van der Waals surface area contributed by atoms with Gasteiger partial charge >= 0.3 is 0 Å². The monoisotopic (exact) mass is 222 g/mol. The Morgan fingerprint density at radius 3 is 2.56 bits per heavy atom. The van der Waals surface area contributed by atoms with Crippen molar-refractivity contribution in [1.82, 2.24) is 10.6 Å². The van der Waals surface area contributed by atoms with Crippen LogP contribution in [-0.2, 0) is 4.79 Å². The molecule has 1 heterocycles. The van der Waals surface area contributed by atoms with Crippen LogP contribution in [0, 0.1) is 5.82 Å². The van der Waals surface area contributed by atoms with Crippen molar-refractivity contribution in [1.29, 1.82) is 0 Å². The fourth-order valence-corrected chi connectivity index (χ4v) is 1.81. The van der Waals surface area contributed by atoms with Crippen LogP contribution in [0.5, 0.6) is 0 Å². The van der Waals surface area contributed by atoms with Crippen LogP contribution < -0.4 is 10.6 Å². The summed E-state index contributed by atoms with van der Waals surface area (Å²) in [5.41, 5.74) is 0.638. The number of carbonyl (C=O) groups excluding carboxylic acids is 1. The molecule has 1 aromatic rings. The van der Waals surface area contributed by atoms with E-state index >= 15 is 0 Å². The van der Waals surface area contributed by atoms with Gasteiger partial charge in [-0.25, -0.2) is 4.39 Å². The van der Waals surface area contributed by atoms with Gasteiger partial charge in [0.2, 0.25) is 5.91 Å². The first-order valence-corrected chi connectivity index (χ1v) is 5.29. The Hall–Kier alpha value is -1.42. The Bertz CT molecular complexity index is 400. The van der Waals surface area contributed by atoms with Crippen molar-refractivity contribution in [3.8, 4) is 0 Å². The number of hydrogen-bond acceptors (Lipinski definition) is 2. The molecule has 1 atom stereocenters. The number of hydrogen-bond donors (Lipinski definition) is 2. The van der Waals surface area contributed by atoms with Gasteiger partial charge in [0.25, 0.3) is 0 Å². The van der Waals surface area contributed by atoms with Crippen LogP contribution in [0.15, 0.2) is 24.3 Å². The minimum absolute atomic E-state index is 0.0640. The van der Waals surface area contributed by atoms with Crippen LogP contribution in [0.25, 0.3) is 0 Å². The molecule has 4 heteroatoms. The number of carbonyl (C=O) groups is 1. The third-order valence-corrected chi connectivity index (χ3v) is 2.71. The van der Waals surface area contributed by atoms with E-state index in [2.05, 4.69) is 10.6 Å². The topological polar surface area (TPSA) is 41.1 Å². The second kappa shape index (κ2) is 3.87. The van der Waals surface area contributed by atoms with Crippen LogP contribution in [0.4, 0.5) is 4.39 Å². The summed E-state index contributed by atoms with van der Waals surface area (Å²) in [4.78, 5) is 11.7. The van der Waals surface area contributed by atoms with E-state index < -0.39 is 6.04 Å². The average Bonchev–Trinajstić information content (AvgIpc) is 2.23. The predicted molar refractivity (Wildman–Crippen MR) is 59.4 cm³/mol. The van der Waals surface area contributed by atoms with E-state index in [1.54, 1.807) is 12.1 Å². The third-order valence-electron chi connectivity index (χ3n) is 2.71. The lowest BCUT2D eigenvalue weighted by atomic mass is 9.96. The van der Waals surface area contributed by atoms with Gasteiger partial charge < -0.3 is 5.32 Å². The lowest BCUT2D eigenvalue weighted by Crippen LogP contribution is -2.59. The highest BCUT2D eigenvalue weighted by molar-refractivity contribution is 5.84. The van der Waals surface area contributed by atoms with Gasteiger partial charge in [0, 0.05) is 12.1 Å². The molecule has 0 radical (unpaired) electrons. The molecule has 1 aliphatic heterocycles. The summed E-state index contributed by atoms with van der Waals surface area (Å²) in [6.45, 7) is 4.63. The zero-order chi connectivity index (χ0) is 11.8. The molecule has 1 aliphatic rings. The van der Waals surface area contributed by atoms with E-state index in [1.165, 1.54) is 12.1 Å². The van der Waals surface area contributed by atoms with E-state index in [0.29, 0.717) is 6.54 Å².